The third-order valence-electron chi connectivity index (χ3n) is 4.92. The maximum Gasteiger partial charge on any atom is 0.335 e. The molecule has 1 aromatic carbocycles. The van der Waals surface area contributed by atoms with Gasteiger partial charge in [0.05, 0.1) is 17.3 Å². The lowest BCUT2D eigenvalue weighted by molar-refractivity contribution is 0.0697. The smallest absolute Gasteiger partial charge is 0.335 e. The van der Waals surface area contributed by atoms with Gasteiger partial charge in [-0.3, -0.25) is 4.68 Å². The fourth-order valence-corrected chi connectivity index (χ4v) is 4.04. The Hall–Kier alpha value is -2.54. The number of aromatic nitrogens is 4. The number of hydrogen-bond acceptors (Lipinski definition) is 5. The largest absolute Gasteiger partial charge is 0.478 e. The molecule has 0 aliphatic rings. The Kier molecular flexibility index (Phi) is 7.93. The molecular formula is C22H28N4O2S. The van der Waals surface area contributed by atoms with E-state index < -0.39 is 5.97 Å². The Bertz CT molecular complexity index is 902. The highest BCUT2D eigenvalue weighted by Gasteiger charge is 2.11. The maximum absolute atomic E-state index is 11.0. The van der Waals surface area contributed by atoms with Gasteiger partial charge in [0.15, 0.2) is 5.01 Å². The molecule has 0 bridgehead atoms. The van der Waals surface area contributed by atoms with E-state index in [0.29, 0.717) is 0 Å². The van der Waals surface area contributed by atoms with Crippen LogP contribution < -0.4 is 0 Å². The molecule has 154 valence electrons. The summed E-state index contributed by atoms with van der Waals surface area (Å²) in [6.07, 6.45) is 14.3. The van der Waals surface area contributed by atoms with Crippen molar-refractivity contribution in [1.82, 2.24) is 20.0 Å². The second kappa shape index (κ2) is 10.9. The van der Waals surface area contributed by atoms with E-state index in [0.717, 1.165) is 34.1 Å². The average Bonchev–Trinajstić information content (AvgIpc) is 3.39. The number of nitrogens with zero attached hydrogens (tertiary/aromatic N) is 4. The monoisotopic (exact) mass is 412 g/mol. The zero-order valence-corrected chi connectivity index (χ0v) is 17.7. The number of aryl methyl sites for hydroxylation is 1. The number of hydrogen-bond donors (Lipinski definition) is 1. The number of aromatic carboxylic acids is 1. The van der Waals surface area contributed by atoms with Gasteiger partial charge in [0.25, 0.3) is 0 Å². The number of rotatable bonds is 12. The van der Waals surface area contributed by atoms with Crippen LogP contribution in [0.2, 0.25) is 0 Å². The van der Waals surface area contributed by atoms with Gasteiger partial charge < -0.3 is 5.11 Å². The first-order chi connectivity index (χ1) is 14.2. The van der Waals surface area contributed by atoms with E-state index in [1.165, 1.54) is 56.3 Å². The third-order valence-corrected chi connectivity index (χ3v) is 5.95. The van der Waals surface area contributed by atoms with Crippen LogP contribution in [0.5, 0.6) is 0 Å². The van der Waals surface area contributed by atoms with Crippen LogP contribution in [0, 0.1) is 0 Å². The van der Waals surface area contributed by atoms with Gasteiger partial charge in [0.2, 0.25) is 0 Å². The van der Waals surface area contributed by atoms with Crippen molar-refractivity contribution < 1.29 is 9.90 Å². The number of unbranched alkanes of at least 4 members (excludes halogenated alkanes) is 7. The Morgan fingerprint density at radius 3 is 2.21 bits per heavy atom. The number of carbonyl (C=O) groups is 1. The molecule has 0 atom stereocenters. The quantitative estimate of drug-likeness (QED) is 0.374. The first-order valence-electron chi connectivity index (χ1n) is 10.4. The van der Waals surface area contributed by atoms with E-state index >= 15 is 0 Å². The summed E-state index contributed by atoms with van der Waals surface area (Å²) in [5, 5.41) is 23.6. The first-order valence-corrected chi connectivity index (χ1v) is 11.2. The van der Waals surface area contributed by atoms with Crippen LogP contribution in [-0.2, 0) is 6.54 Å². The molecule has 0 saturated heterocycles. The molecule has 2 heterocycles. The molecule has 0 aliphatic carbocycles. The molecule has 0 unspecified atom stereocenters. The van der Waals surface area contributed by atoms with E-state index in [1.807, 2.05) is 17.1 Å². The van der Waals surface area contributed by atoms with Crippen molar-refractivity contribution in [3.8, 4) is 21.1 Å². The Morgan fingerprint density at radius 2 is 1.55 bits per heavy atom. The van der Waals surface area contributed by atoms with Crippen LogP contribution in [0.4, 0.5) is 0 Å². The predicted molar refractivity (Wildman–Crippen MR) is 116 cm³/mol. The number of carboxylic acids is 1. The van der Waals surface area contributed by atoms with E-state index in [2.05, 4.69) is 22.2 Å². The standard InChI is InChI=1S/C22H28N4O2S/c1-2-3-4-5-6-7-8-9-14-26-16-19(15-23-26)21-25-24-20(29-21)17-10-12-18(13-11-17)22(27)28/h10-13,15-16H,2-9,14H2,1H3,(H,27,28). The SMILES string of the molecule is CCCCCCCCCCn1cc(-c2nnc(-c3ccc(C(=O)O)cc3)s2)cn1. The van der Waals surface area contributed by atoms with Gasteiger partial charge in [0, 0.05) is 18.3 Å². The normalized spacial score (nSPS) is 11.1. The summed E-state index contributed by atoms with van der Waals surface area (Å²) in [6, 6.07) is 6.69. The first kappa shape index (κ1) is 21.2. The van der Waals surface area contributed by atoms with Gasteiger partial charge in [0.1, 0.15) is 5.01 Å². The summed E-state index contributed by atoms with van der Waals surface area (Å²) in [5.74, 6) is -0.932. The second-order valence-corrected chi connectivity index (χ2v) is 8.24. The van der Waals surface area contributed by atoms with E-state index in [9.17, 15) is 4.79 Å². The second-order valence-electron chi connectivity index (χ2n) is 7.26. The van der Waals surface area contributed by atoms with Crippen molar-refractivity contribution >= 4 is 17.3 Å². The molecule has 1 N–H and O–H groups in total. The van der Waals surface area contributed by atoms with Crippen molar-refractivity contribution in [3.05, 3.63) is 42.2 Å². The van der Waals surface area contributed by atoms with Gasteiger partial charge in [-0.2, -0.15) is 5.10 Å². The van der Waals surface area contributed by atoms with Crippen molar-refractivity contribution in [1.29, 1.82) is 0 Å². The molecule has 0 fully saturated rings. The van der Waals surface area contributed by atoms with E-state index in [-0.39, 0.29) is 5.56 Å². The Labute approximate surface area is 175 Å². The molecule has 0 spiro atoms. The molecule has 2 aromatic heterocycles. The lowest BCUT2D eigenvalue weighted by Gasteiger charge is -2.02. The highest BCUT2D eigenvalue weighted by atomic mass is 32.1. The van der Waals surface area contributed by atoms with Crippen LogP contribution in [0.25, 0.3) is 21.1 Å². The van der Waals surface area contributed by atoms with Crippen molar-refractivity contribution in [3.63, 3.8) is 0 Å². The summed E-state index contributed by atoms with van der Waals surface area (Å²) in [6.45, 7) is 3.18. The molecule has 0 amide bonds. The summed E-state index contributed by atoms with van der Waals surface area (Å²) in [5.41, 5.74) is 2.10. The molecule has 3 aromatic rings. The lowest BCUT2D eigenvalue weighted by Crippen LogP contribution is -1.97. The molecule has 3 rings (SSSR count). The minimum Gasteiger partial charge on any atom is -0.478 e. The summed E-state index contributed by atoms with van der Waals surface area (Å²) >= 11 is 1.49. The van der Waals surface area contributed by atoms with Gasteiger partial charge in [-0.15, -0.1) is 10.2 Å². The fraction of sp³-hybridized carbons (Fsp3) is 0.455. The van der Waals surface area contributed by atoms with Crippen LogP contribution in [-0.4, -0.2) is 31.1 Å². The molecule has 0 saturated carbocycles. The summed E-state index contributed by atoms with van der Waals surface area (Å²) < 4.78 is 1.98. The van der Waals surface area contributed by atoms with Crippen LogP contribution in [0.15, 0.2) is 36.7 Å². The topological polar surface area (TPSA) is 80.9 Å². The van der Waals surface area contributed by atoms with Crippen LogP contribution in [0.1, 0.15) is 68.6 Å². The Balaban J connectivity index is 1.49. The molecule has 29 heavy (non-hydrogen) atoms. The highest BCUT2D eigenvalue weighted by Crippen LogP contribution is 2.29. The zero-order chi connectivity index (χ0) is 20.5. The number of benzene rings is 1. The maximum atomic E-state index is 11.0. The highest BCUT2D eigenvalue weighted by molar-refractivity contribution is 7.17. The van der Waals surface area contributed by atoms with Gasteiger partial charge >= 0.3 is 5.97 Å². The lowest BCUT2D eigenvalue weighted by atomic mass is 10.1. The van der Waals surface area contributed by atoms with E-state index in [4.69, 9.17) is 5.11 Å². The molecule has 0 aliphatic heterocycles. The minimum atomic E-state index is -0.932. The minimum absolute atomic E-state index is 0.265. The molecule has 0 radical (unpaired) electrons. The predicted octanol–water partition coefficient (Wildman–Crippen LogP) is 5.91. The van der Waals surface area contributed by atoms with E-state index in [1.54, 1.807) is 24.3 Å². The van der Waals surface area contributed by atoms with Crippen molar-refractivity contribution in [2.45, 2.75) is 64.8 Å². The third kappa shape index (κ3) is 6.22. The zero-order valence-electron chi connectivity index (χ0n) is 16.9. The molecule has 6 nitrogen and oxygen atoms in total. The fourth-order valence-electron chi connectivity index (χ4n) is 3.22. The van der Waals surface area contributed by atoms with Gasteiger partial charge in [-0.25, -0.2) is 4.79 Å². The van der Waals surface area contributed by atoms with Gasteiger partial charge in [-0.05, 0) is 18.6 Å². The van der Waals surface area contributed by atoms with Crippen LogP contribution >= 0.6 is 11.3 Å². The average molecular weight is 413 g/mol. The van der Waals surface area contributed by atoms with Crippen LogP contribution in [0.3, 0.4) is 0 Å². The molecular weight excluding hydrogens is 384 g/mol. The Morgan fingerprint density at radius 1 is 0.931 bits per heavy atom. The van der Waals surface area contributed by atoms with Crippen molar-refractivity contribution in [2.75, 3.05) is 0 Å². The van der Waals surface area contributed by atoms with Gasteiger partial charge in [-0.1, -0.05) is 75.3 Å². The van der Waals surface area contributed by atoms with Crippen molar-refractivity contribution in [2.24, 2.45) is 0 Å². The molecule has 7 heteroatoms. The summed E-state index contributed by atoms with van der Waals surface area (Å²) in [4.78, 5) is 11.0. The number of carboxylic acid groups (broad SMARTS) is 1. The summed E-state index contributed by atoms with van der Waals surface area (Å²) in [7, 11) is 0.